The van der Waals surface area contributed by atoms with Crippen molar-refractivity contribution in [3.63, 3.8) is 0 Å². The van der Waals surface area contributed by atoms with Crippen LogP contribution in [-0.4, -0.2) is 0 Å². The van der Waals surface area contributed by atoms with Crippen molar-refractivity contribution in [1.82, 2.24) is 0 Å². The fraction of sp³-hybridized carbons (Fsp3) is 0.467. The summed E-state index contributed by atoms with van der Waals surface area (Å²) in [7, 11) is 0. The van der Waals surface area contributed by atoms with Crippen molar-refractivity contribution < 1.29 is 0 Å². The molecule has 0 aromatic heterocycles. The molecular weight excluding hydrogens is 180 g/mol. The molecule has 0 saturated carbocycles. The second-order valence-electron chi connectivity index (χ2n) is 4.35. The van der Waals surface area contributed by atoms with E-state index in [4.69, 9.17) is 0 Å². The molecular formula is C15H20. The zero-order chi connectivity index (χ0) is 10.7. The highest BCUT2D eigenvalue weighted by Crippen LogP contribution is 2.32. The van der Waals surface area contributed by atoms with Crippen LogP contribution in [0.3, 0.4) is 0 Å². The van der Waals surface area contributed by atoms with E-state index in [2.05, 4.69) is 38.2 Å². The van der Waals surface area contributed by atoms with Crippen molar-refractivity contribution in [2.75, 3.05) is 0 Å². The Morgan fingerprint density at radius 3 is 1.73 bits per heavy atom. The van der Waals surface area contributed by atoms with E-state index >= 15 is 0 Å². The van der Waals surface area contributed by atoms with Gasteiger partial charge in [-0.3, -0.25) is 0 Å². The van der Waals surface area contributed by atoms with Crippen molar-refractivity contribution in [2.24, 2.45) is 0 Å². The van der Waals surface area contributed by atoms with Gasteiger partial charge in [0.2, 0.25) is 0 Å². The topological polar surface area (TPSA) is 0 Å². The Hall–Kier alpha value is -1.04. The van der Waals surface area contributed by atoms with Gasteiger partial charge in [-0.1, -0.05) is 49.3 Å². The molecule has 0 nitrogen and oxygen atoms in total. The zero-order valence-corrected chi connectivity index (χ0v) is 9.84. The van der Waals surface area contributed by atoms with Gasteiger partial charge in [-0.05, 0) is 43.3 Å². The normalized spacial score (nSPS) is 19.9. The molecule has 0 aliphatic heterocycles. The number of allylic oxidation sites excluding steroid dienone is 8. The van der Waals surface area contributed by atoms with Gasteiger partial charge in [0, 0.05) is 0 Å². The average molecular weight is 200 g/mol. The highest BCUT2D eigenvalue weighted by molar-refractivity contribution is 5.41. The minimum atomic E-state index is 1.18. The molecule has 0 saturated heterocycles. The van der Waals surface area contributed by atoms with Gasteiger partial charge in [0.1, 0.15) is 0 Å². The minimum absolute atomic E-state index is 1.18. The van der Waals surface area contributed by atoms with Crippen molar-refractivity contribution >= 4 is 0 Å². The molecule has 0 radical (unpaired) electrons. The molecule has 0 unspecified atom stereocenters. The molecule has 2 aliphatic rings. The molecule has 0 heterocycles. The molecule has 0 N–H and O–H groups in total. The largest absolute Gasteiger partial charge is 0.0802 e. The van der Waals surface area contributed by atoms with Crippen LogP contribution in [0, 0.1) is 0 Å². The molecule has 0 amide bonds. The SMILES string of the molecule is CCC1=C(CC2=C(CC)C=CC2)CC=C1. The lowest BCUT2D eigenvalue weighted by atomic mass is 9.96. The van der Waals surface area contributed by atoms with Gasteiger partial charge >= 0.3 is 0 Å². The first-order chi connectivity index (χ1) is 7.35. The first-order valence-electron chi connectivity index (χ1n) is 6.10. The molecule has 0 spiro atoms. The fourth-order valence-corrected chi connectivity index (χ4v) is 2.55. The van der Waals surface area contributed by atoms with E-state index in [1.807, 2.05) is 0 Å². The summed E-state index contributed by atoms with van der Waals surface area (Å²) in [6, 6.07) is 0. The van der Waals surface area contributed by atoms with E-state index in [0.717, 1.165) is 0 Å². The average Bonchev–Trinajstić information content (AvgIpc) is 2.87. The smallest absolute Gasteiger partial charge is 0.00906 e. The van der Waals surface area contributed by atoms with E-state index < -0.39 is 0 Å². The van der Waals surface area contributed by atoms with Crippen LogP contribution in [0.2, 0.25) is 0 Å². The van der Waals surface area contributed by atoms with Crippen molar-refractivity contribution in [1.29, 1.82) is 0 Å². The van der Waals surface area contributed by atoms with Crippen molar-refractivity contribution in [3.8, 4) is 0 Å². The predicted molar refractivity (Wildman–Crippen MR) is 66.8 cm³/mol. The summed E-state index contributed by atoms with van der Waals surface area (Å²) in [5, 5.41) is 0. The second-order valence-corrected chi connectivity index (χ2v) is 4.35. The van der Waals surface area contributed by atoms with Gasteiger partial charge in [-0.15, -0.1) is 0 Å². The van der Waals surface area contributed by atoms with Gasteiger partial charge in [0.15, 0.2) is 0 Å². The molecule has 0 aromatic carbocycles. The number of hydrogen-bond donors (Lipinski definition) is 0. The molecule has 2 aliphatic carbocycles. The molecule has 0 atom stereocenters. The molecule has 0 aromatic rings. The van der Waals surface area contributed by atoms with Crippen LogP contribution in [0.1, 0.15) is 46.0 Å². The summed E-state index contributed by atoms with van der Waals surface area (Å²) in [4.78, 5) is 0. The van der Waals surface area contributed by atoms with Crippen LogP contribution in [0.4, 0.5) is 0 Å². The summed E-state index contributed by atoms with van der Waals surface area (Å²) in [5.41, 5.74) is 6.46. The quantitative estimate of drug-likeness (QED) is 0.616. The minimum Gasteiger partial charge on any atom is -0.0802 e. The third-order valence-corrected chi connectivity index (χ3v) is 3.46. The van der Waals surface area contributed by atoms with E-state index in [1.54, 1.807) is 22.3 Å². The maximum Gasteiger partial charge on any atom is -0.00906 e. The Morgan fingerprint density at radius 1 is 0.867 bits per heavy atom. The van der Waals surface area contributed by atoms with Crippen LogP contribution < -0.4 is 0 Å². The van der Waals surface area contributed by atoms with Crippen LogP contribution in [0.5, 0.6) is 0 Å². The third kappa shape index (κ3) is 2.14. The summed E-state index contributed by atoms with van der Waals surface area (Å²) in [5.74, 6) is 0. The van der Waals surface area contributed by atoms with Gasteiger partial charge in [-0.2, -0.15) is 0 Å². The summed E-state index contributed by atoms with van der Waals surface area (Å²) >= 11 is 0. The van der Waals surface area contributed by atoms with Crippen LogP contribution in [0.25, 0.3) is 0 Å². The lowest BCUT2D eigenvalue weighted by molar-refractivity contribution is 0.961. The van der Waals surface area contributed by atoms with E-state index in [0.29, 0.717) is 0 Å². The van der Waals surface area contributed by atoms with Gasteiger partial charge in [0.05, 0.1) is 0 Å². The van der Waals surface area contributed by atoms with Gasteiger partial charge in [0.25, 0.3) is 0 Å². The lowest BCUT2D eigenvalue weighted by Gasteiger charge is -2.09. The van der Waals surface area contributed by atoms with Crippen molar-refractivity contribution in [3.05, 3.63) is 46.6 Å². The molecule has 0 heteroatoms. The molecule has 0 fully saturated rings. The molecule has 80 valence electrons. The fourth-order valence-electron chi connectivity index (χ4n) is 2.55. The van der Waals surface area contributed by atoms with Crippen LogP contribution >= 0.6 is 0 Å². The Morgan fingerprint density at radius 2 is 1.33 bits per heavy atom. The molecule has 0 bridgehead atoms. The highest BCUT2D eigenvalue weighted by Gasteiger charge is 2.13. The van der Waals surface area contributed by atoms with Crippen LogP contribution in [-0.2, 0) is 0 Å². The first-order valence-corrected chi connectivity index (χ1v) is 6.10. The first kappa shape index (κ1) is 10.5. The number of rotatable bonds is 4. The third-order valence-electron chi connectivity index (χ3n) is 3.46. The van der Waals surface area contributed by atoms with E-state index in [1.165, 1.54) is 32.1 Å². The van der Waals surface area contributed by atoms with Gasteiger partial charge in [-0.25, -0.2) is 0 Å². The number of hydrogen-bond acceptors (Lipinski definition) is 0. The summed E-state index contributed by atoms with van der Waals surface area (Å²) in [6.07, 6.45) is 15.2. The Bertz CT molecular complexity index is 325. The van der Waals surface area contributed by atoms with Crippen molar-refractivity contribution in [2.45, 2.75) is 46.0 Å². The maximum absolute atomic E-state index is 2.31. The zero-order valence-electron chi connectivity index (χ0n) is 9.84. The van der Waals surface area contributed by atoms with E-state index in [9.17, 15) is 0 Å². The summed E-state index contributed by atoms with van der Waals surface area (Å²) in [6.45, 7) is 4.51. The second kappa shape index (κ2) is 4.65. The highest BCUT2D eigenvalue weighted by atomic mass is 14.2. The van der Waals surface area contributed by atoms with Gasteiger partial charge < -0.3 is 0 Å². The maximum atomic E-state index is 2.31. The lowest BCUT2D eigenvalue weighted by Crippen LogP contribution is -1.90. The predicted octanol–water partition coefficient (Wildman–Crippen LogP) is 4.71. The molecule has 2 rings (SSSR count). The Kier molecular flexibility index (Phi) is 3.25. The Labute approximate surface area is 93.1 Å². The Balaban J connectivity index is 2.10. The molecule has 15 heavy (non-hydrogen) atoms. The van der Waals surface area contributed by atoms with Crippen LogP contribution in [0.15, 0.2) is 46.6 Å². The summed E-state index contributed by atoms with van der Waals surface area (Å²) < 4.78 is 0. The van der Waals surface area contributed by atoms with E-state index in [-0.39, 0.29) is 0 Å². The monoisotopic (exact) mass is 200 g/mol. The standard InChI is InChI=1S/C15H20/c1-3-12-7-5-9-14(12)11-15-10-6-8-13(15)4-2/h5-8H,3-4,9-11H2,1-2H3.